The highest BCUT2D eigenvalue weighted by Crippen LogP contribution is 2.27. The SMILES string of the molecule is C#CCN(C)c1c(C)cc(O)cc1C. The maximum Gasteiger partial charge on any atom is 0.116 e. The van der Waals surface area contributed by atoms with E-state index < -0.39 is 0 Å². The molecule has 0 aliphatic heterocycles. The number of benzene rings is 1. The Labute approximate surface area is 85.2 Å². The van der Waals surface area contributed by atoms with Gasteiger partial charge in [0.15, 0.2) is 0 Å². The van der Waals surface area contributed by atoms with Crippen molar-refractivity contribution in [2.24, 2.45) is 0 Å². The number of nitrogens with zero attached hydrogens (tertiary/aromatic N) is 1. The van der Waals surface area contributed by atoms with Gasteiger partial charge < -0.3 is 10.0 Å². The number of hydrogen-bond acceptors (Lipinski definition) is 2. The average Bonchev–Trinajstić information content (AvgIpc) is 2.01. The highest BCUT2D eigenvalue weighted by atomic mass is 16.3. The second-order valence-corrected chi connectivity index (χ2v) is 3.49. The molecule has 0 bridgehead atoms. The number of rotatable bonds is 2. The Morgan fingerprint density at radius 1 is 1.36 bits per heavy atom. The maximum atomic E-state index is 9.37. The number of aryl methyl sites for hydroxylation is 2. The van der Waals surface area contributed by atoms with Gasteiger partial charge in [0.25, 0.3) is 0 Å². The monoisotopic (exact) mass is 189 g/mol. The van der Waals surface area contributed by atoms with Gasteiger partial charge in [-0.05, 0) is 37.1 Å². The first-order valence-corrected chi connectivity index (χ1v) is 4.51. The van der Waals surface area contributed by atoms with Crippen LogP contribution in [0.3, 0.4) is 0 Å². The first-order valence-electron chi connectivity index (χ1n) is 4.51. The minimum atomic E-state index is 0.304. The molecular weight excluding hydrogens is 174 g/mol. The molecule has 0 aromatic heterocycles. The molecule has 0 saturated carbocycles. The summed E-state index contributed by atoms with van der Waals surface area (Å²) in [6.45, 7) is 4.51. The quantitative estimate of drug-likeness (QED) is 0.720. The lowest BCUT2D eigenvalue weighted by molar-refractivity contribution is 0.474. The lowest BCUT2D eigenvalue weighted by atomic mass is 10.1. The second-order valence-electron chi connectivity index (χ2n) is 3.49. The van der Waals surface area contributed by atoms with Crippen LogP contribution in [-0.4, -0.2) is 18.7 Å². The second kappa shape index (κ2) is 4.06. The van der Waals surface area contributed by atoms with Gasteiger partial charge in [-0.25, -0.2) is 0 Å². The Hall–Kier alpha value is -1.62. The lowest BCUT2D eigenvalue weighted by Crippen LogP contribution is -2.19. The third kappa shape index (κ3) is 2.00. The molecule has 1 rings (SSSR count). The van der Waals surface area contributed by atoms with Gasteiger partial charge in [0, 0.05) is 12.7 Å². The van der Waals surface area contributed by atoms with E-state index in [0.717, 1.165) is 16.8 Å². The van der Waals surface area contributed by atoms with Crippen LogP contribution in [0.2, 0.25) is 0 Å². The molecule has 1 aromatic carbocycles. The molecule has 0 spiro atoms. The fourth-order valence-corrected chi connectivity index (χ4v) is 1.75. The van der Waals surface area contributed by atoms with Crippen molar-refractivity contribution in [2.45, 2.75) is 13.8 Å². The summed E-state index contributed by atoms with van der Waals surface area (Å²) in [5.41, 5.74) is 3.18. The van der Waals surface area contributed by atoms with E-state index in [9.17, 15) is 5.11 Å². The normalized spacial score (nSPS) is 9.57. The van der Waals surface area contributed by atoms with Crippen LogP contribution in [0, 0.1) is 26.2 Å². The van der Waals surface area contributed by atoms with Crippen molar-refractivity contribution in [2.75, 3.05) is 18.5 Å². The standard InChI is InChI=1S/C12H15NO/c1-5-6-13(4)12-9(2)7-11(14)8-10(12)3/h1,7-8,14H,6H2,2-4H3. The molecule has 0 aliphatic rings. The first-order chi connectivity index (χ1) is 6.56. The van der Waals surface area contributed by atoms with Crippen LogP contribution >= 0.6 is 0 Å². The third-order valence-electron chi connectivity index (χ3n) is 2.19. The zero-order chi connectivity index (χ0) is 10.7. The van der Waals surface area contributed by atoms with Crippen LogP contribution in [0.1, 0.15) is 11.1 Å². The largest absolute Gasteiger partial charge is 0.508 e. The zero-order valence-electron chi connectivity index (χ0n) is 8.83. The van der Waals surface area contributed by atoms with Gasteiger partial charge in [-0.15, -0.1) is 6.42 Å². The van der Waals surface area contributed by atoms with E-state index in [1.165, 1.54) is 0 Å². The van der Waals surface area contributed by atoms with Crippen molar-refractivity contribution in [3.8, 4) is 18.1 Å². The molecular formula is C12H15NO. The van der Waals surface area contributed by atoms with Crippen LogP contribution in [0.15, 0.2) is 12.1 Å². The Balaban J connectivity index is 3.15. The summed E-state index contributed by atoms with van der Waals surface area (Å²) in [4.78, 5) is 2.00. The molecule has 0 aliphatic carbocycles. The molecule has 0 atom stereocenters. The molecule has 0 radical (unpaired) electrons. The fourth-order valence-electron chi connectivity index (χ4n) is 1.75. The first kappa shape index (κ1) is 10.5. The van der Waals surface area contributed by atoms with Crippen molar-refractivity contribution in [1.29, 1.82) is 0 Å². The Morgan fingerprint density at radius 3 is 2.29 bits per heavy atom. The van der Waals surface area contributed by atoms with Crippen LogP contribution in [0.5, 0.6) is 5.75 Å². The summed E-state index contributed by atoms with van der Waals surface area (Å²) >= 11 is 0. The van der Waals surface area contributed by atoms with Crippen molar-refractivity contribution in [3.05, 3.63) is 23.3 Å². The molecule has 74 valence electrons. The highest BCUT2D eigenvalue weighted by Gasteiger charge is 2.08. The molecule has 0 fully saturated rings. The van der Waals surface area contributed by atoms with Gasteiger partial charge in [0.1, 0.15) is 5.75 Å². The predicted molar refractivity (Wildman–Crippen MR) is 59.7 cm³/mol. The number of aromatic hydroxyl groups is 1. The van der Waals surface area contributed by atoms with E-state index in [1.807, 2.05) is 25.8 Å². The molecule has 1 aromatic rings. The summed E-state index contributed by atoms with van der Waals surface area (Å²) in [7, 11) is 1.95. The highest BCUT2D eigenvalue weighted by molar-refractivity contribution is 5.61. The van der Waals surface area contributed by atoms with Gasteiger partial charge in [-0.1, -0.05) is 5.92 Å². The molecule has 0 saturated heterocycles. The number of terminal acetylenes is 1. The summed E-state index contributed by atoms with van der Waals surface area (Å²) in [6.07, 6.45) is 5.26. The Morgan fingerprint density at radius 2 is 1.86 bits per heavy atom. The van der Waals surface area contributed by atoms with Crippen LogP contribution in [0.4, 0.5) is 5.69 Å². The molecule has 1 N–H and O–H groups in total. The van der Waals surface area contributed by atoms with Crippen LogP contribution < -0.4 is 4.90 Å². The summed E-state index contributed by atoms with van der Waals surface area (Å²) in [6, 6.07) is 3.49. The van der Waals surface area contributed by atoms with Gasteiger partial charge in [0.05, 0.1) is 6.54 Å². The molecule has 14 heavy (non-hydrogen) atoms. The molecule has 2 nitrogen and oxygen atoms in total. The smallest absolute Gasteiger partial charge is 0.116 e. The summed E-state index contributed by atoms with van der Waals surface area (Å²) in [5.74, 6) is 2.90. The number of anilines is 1. The minimum Gasteiger partial charge on any atom is -0.508 e. The van der Waals surface area contributed by atoms with Gasteiger partial charge in [-0.3, -0.25) is 0 Å². The van der Waals surface area contributed by atoms with E-state index in [4.69, 9.17) is 6.42 Å². The van der Waals surface area contributed by atoms with Crippen molar-refractivity contribution in [1.82, 2.24) is 0 Å². The molecule has 0 amide bonds. The molecule has 0 unspecified atom stereocenters. The predicted octanol–water partition coefficient (Wildman–Crippen LogP) is 2.08. The average molecular weight is 189 g/mol. The van der Waals surface area contributed by atoms with Gasteiger partial charge in [0.2, 0.25) is 0 Å². The molecule has 2 heteroatoms. The van der Waals surface area contributed by atoms with Gasteiger partial charge in [-0.2, -0.15) is 0 Å². The van der Waals surface area contributed by atoms with E-state index in [0.29, 0.717) is 12.3 Å². The Kier molecular flexibility index (Phi) is 3.03. The summed E-state index contributed by atoms with van der Waals surface area (Å²) in [5, 5.41) is 9.37. The van der Waals surface area contributed by atoms with Crippen molar-refractivity contribution >= 4 is 5.69 Å². The minimum absolute atomic E-state index is 0.304. The fraction of sp³-hybridized carbons (Fsp3) is 0.333. The maximum absolute atomic E-state index is 9.37. The van der Waals surface area contributed by atoms with Crippen molar-refractivity contribution in [3.63, 3.8) is 0 Å². The number of phenols is 1. The lowest BCUT2D eigenvalue weighted by Gasteiger charge is -2.21. The van der Waals surface area contributed by atoms with E-state index in [2.05, 4.69) is 5.92 Å². The third-order valence-corrected chi connectivity index (χ3v) is 2.19. The Bertz CT molecular complexity index is 353. The topological polar surface area (TPSA) is 23.5 Å². The van der Waals surface area contributed by atoms with Gasteiger partial charge >= 0.3 is 0 Å². The number of hydrogen-bond donors (Lipinski definition) is 1. The van der Waals surface area contributed by atoms with Crippen LogP contribution in [0.25, 0.3) is 0 Å². The van der Waals surface area contributed by atoms with Crippen LogP contribution in [-0.2, 0) is 0 Å². The molecule has 0 heterocycles. The zero-order valence-corrected chi connectivity index (χ0v) is 8.83. The van der Waals surface area contributed by atoms with E-state index in [-0.39, 0.29) is 0 Å². The summed E-state index contributed by atoms with van der Waals surface area (Å²) < 4.78 is 0. The van der Waals surface area contributed by atoms with E-state index >= 15 is 0 Å². The number of phenolic OH excluding ortho intramolecular Hbond substituents is 1. The van der Waals surface area contributed by atoms with Crippen molar-refractivity contribution < 1.29 is 5.11 Å². The van der Waals surface area contributed by atoms with E-state index in [1.54, 1.807) is 12.1 Å².